The van der Waals surface area contributed by atoms with E-state index in [1.165, 1.54) is 28.8 Å². The summed E-state index contributed by atoms with van der Waals surface area (Å²) < 4.78 is 28.2. The summed E-state index contributed by atoms with van der Waals surface area (Å²) in [7, 11) is -3.62. The van der Waals surface area contributed by atoms with Crippen LogP contribution in [0.4, 0.5) is 0 Å². The summed E-state index contributed by atoms with van der Waals surface area (Å²) in [4.78, 5) is 0.337. The van der Waals surface area contributed by atoms with Crippen LogP contribution in [0.2, 0.25) is 0 Å². The van der Waals surface area contributed by atoms with E-state index < -0.39 is 10.0 Å². The third kappa shape index (κ3) is 2.72. The van der Waals surface area contributed by atoms with Crippen molar-refractivity contribution in [1.29, 1.82) is 0 Å². The fraction of sp³-hybridized carbons (Fsp3) is 0.364. The van der Waals surface area contributed by atoms with Crippen LogP contribution in [0.3, 0.4) is 0 Å². The molecule has 27 heavy (non-hydrogen) atoms. The average molecular weight is 381 g/mol. The Morgan fingerprint density at radius 1 is 1.04 bits per heavy atom. The molecular formula is C22H24N2O2S. The average Bonchev–Trinajstić information content (AvgIpc) is 3.19. The second-order valence-corrected chi connectivity index (χ2v) is 9.77. The van der Waals surface area contributed by atoms with Crippen molar-refractivity contribution in [3.8, 4) is 0 Å². The van der Waals surface area contributed by atoms with Crippen LogP contribution in [0.25, 0.3) is 10.9 Å². The Kier molecular flexibility index (Phi) is 3.92. The Morgan fingerprint density at radius 2 is 1.81 bits per heavy atom. The molecule has 2 aromatic carbocycles. The molecule has 1 N–H and O–H groups in total. The fourth-order valence-corrected chi connectivity index (χ4v) is 6.24. The number of hydrogen-bond acceptors (Lipinski definition) is 3. The molecule has 3 heterocycles. The molecule has 2 bridgehead atoms. The number of fused-ring (bicyclic) bond motifs is 3. The second kappa shape index (κ2) is 6.21. The van der Waals surface area contributed by atoms with E-state index >= 15 is 0 Å². The van der Waals surface area contributed by atoms with Gasteiger partial charge in [0.05, 0.1) is 10.4 Å². The van der Waals surface area contributed by atoms with Crippen molar-refractivity contribution in [3.63, 3.8) is 0 Å². The quantitative estimate of drug-likeness (QED) is 0.741. The Morgan fingerprint density at radius 3 is 2.59 bits per heavy atom. The summed E-state index contributed by atoms with van der Waals surface area (Å²) in [6, 6.07) is 16.0. The van der Waals surface area contributed by atoms with Gasteiger partial charge in [0.25, 0.3) is 10.0 Å². The van der Waals surface area contributed by atoms with Crippen LogP contribution in [0.5, 0.6) is 0 Å². The lowest BCUT2D eigenvalue weighted by Crippen LogP contribution is -2.34. The third-order valence-electron chi connectivity index (χ3n) is 6.23. The number of nitrogens with zero attached hydrogens (tertiary/aromatic N) is 1. The smallest absolute Gasteiger partial charge is 0.268 e. The standard InChI is InChI=1S/C22H24N2O2S/c1-15-9-11-17(12-10-15)27(25,26)24-14-20(18-6-2-3-8-22(18)24)19-13-16-5-4-7-21(19)23-16/h2-3,6,8-12,14,16,19,21,23H,4-5,7,13H2,1H3. The fourth-order valence-electron chi connectivity index (χ4n) is 4.86. The summed E-state index contributed by atoms with van der Waals surface area (Å²) in [5.74, 6) is 0.386. The number of rotatable bonds is 3. The van der Waals surface area contributed by atoms with Gasteiger partial charge in [-0.1, -0.05) is 42.3 Å². The lowest BCUT2D eigenvalue weighted by atomic mass is 9.90. The van der Waals surface area contributed by atoms with Crippen LogP contribution in [0.1, 0.15) is 42.7 Å². The molecule has 3 aromatic rings. The highest BCUT2D eigenvalue weighted by molar-refractivity contribution is 7.90. The van der Waals surface area contributed by atoms with E-state index in [-0.39, 0.29) is 0 Å². The Balaban J connectivity index is 1.67. The van der Waals surface area contributed by atoms with E-state index in [1.54, 1.807) is 12.1 Å². The number of para-hydroxylation sites is 1. The summed E-state index contributed by atoms with van der Waals surface area (Å²) in [5.41, 5.74) is 2.99. The van der Waals surface area contributed by atoms with Crippen molar-refractivity contribution in [1.82, 2.24) is 9.29 Å². The lowest BCUT2D eigenvalue weighted by molar-refractivity contribution is 0.398. The van der Waals surface area contributed by atoms with E-state index in [4.69, 9.17) is 0 Å². The number of aryl methyl sites for hydroxylation is 1. The first-order valence-corrected chi connectivity index (χ1v) is 11.2. The highest BCUT2D eigenvalue weighted by Crippen LogP contribution is 2.42. The van der Waals surface area contributed by atoms with Crippen molar-refractivity contribution in [3.05, 3.63) is 65.9 Å². The van der Waals surface area contributed by atoms with Crippen molar-refractivity contribution < 1.29 is 8.42 Å². The molecule has 5 heteroatoms. The largest absolute Gasteiger partial charge is 0.311 e. The zero-order valence-corrected chi connectivity index (χ0v) is 16.2. The highest BCUT2D eigenvalue weighted by Gasteiger charge is 2.39. The summed E-state index contributed by atoms with van der Waals surface area (Å²) in [6.45, 7) is 1.96. The van der Waals surface area contributed by atoms with Gasteiger partial charge in [-0.3, -0.25) is 0 Å². The van der Waals surface area contributed by atoms with Gasteiger partial charge in [0.2, 0.25) is 0 Å². The lowest BCUT2D eigenvalue weighted by Gasteiger charge is -2.22. The molecule has 2 aliphatic heterocycles. The van der Waals surface area contributed by atoms with Crippen LogP contribution in [0, 0.1) is 6.92 Å². The first-order valence-electron chi connectivity index (χ1n) is 9.72. The van der Waals surface area contributed by atoms with Crippen molar-refractivity contribution in [2.45, 2.75) is 55.5 Å². The number of piperidine rings is 1. The molecule has 140 valence electrons. The maximum atomic E-state index is 13.4. The van der Waals surface area contributed by atoms with Gasteiger partial charge in [0.1, 0.15) is 0 Å². The Hall–Kier alpha value is -2.11. The maximum absolute atomic E-state index is 13.4. The third-order valence-corrected chi connectivity index (χ3v) is 7.92. The first-order chi connectivity index (χ1) is 13.0. The second-order valence-electron chi connectivity index (χ2n) is 7.96. The minimum Gasteiger partial charge on any atom is -0.311 e. The van der Waals surface area contributed by atoms with E-state index in [0.717, 1.165) is 22.9 Å². The number of hydrogen-bond donors (Lipinski definition) is 1. The molecule has 2 fully saturated rings. The molecule has 2 aliphatic rings. The molecule has 0 saturated carbocycles. The molecule has 4 nitrogen and oxygen atoms in total. The zero-order valence-electron chi connectivity index (χ0n) is 15.4. The normalized spacial score (nSPS) is 25.1. The van der Waals surface area contributed by atoms with E-state index in [9.17, 15) is 8.42 Å². The van der Waals surface area contributed by atoms with Gasteiger partial charge >= 0.3 is 0 Å². The molecule has 5 rings (SSSR count). The summed E-state index contributed by atoms with van der Waals surface area (Å²) in [6.07, 6.45) is 6.65. The number of nitrogens with one attached hydrogen (secondary N) is 1. The van der Waals surface area contributed by atoms with Gasteiger partial charge in [-0.15, -0.1) is 0 Å². The number of benzene rings is 2. The molecule has 2 saturated heterocycles. The zero-order chi connectivity index (χ0) is 18.6. The highest BCUT2D eigenvalue weighted by atomic mass is 32.2. The Bertz CT molecular complexity index is 1100. The first kappa shape index (κ1) is 17.0. The SMILES string of the molecule is Cc1ccc(S(=O)(=O)n2cc(C3CC4CCCC3N4)c3ccccc32)cc1. The minimum atomic E-state index is -3.62. The van der Waals surface area contributed by atoms with Gasteiger partial charge in [0, 0.05) is 29.6 Å². The van der Waals surface area contributed by atoms with Crippen LogP contribution >= 0.6 is 0 Å². The van der Waals surface area contributed by atoms with Gasteiger partial charge in [0.15, 0.2) is 0 Å². The van der Waals surface area contributed by atoms with E-state index in [1.807, 2.05) is 43.5 Å². The molecular weight excluding hydrogens is 356 g/mol. The summed E-state index contributed by atoms with van der Waals surface area (Å²) in [5, 5.41) is 4.79. The van der Waals surface area contributed by atoms with Gasteiger partial charge in [-0.25, -0.2) is 12.4 Å². The monoisotopic (exact) mass is 380 g/mol. The minimum absolute atomic E-state index is 0.337. The molecule has 1 aromatic heterocycles. The molecule has 0 spiro atoms. The maximum Gasteiger partial charge on any atom is 0.268 e. The molecule has 3 atom stereocenters. The van der Waals surface area contributed by atoms with Crippen molar-refractivity contribution in [2.24, 2.45) is 0 Å². The van der Waals surface area contributed by atoms with Crippen molar-refractivity contribution >= 4 is 20.9 Å². The van der Waals surface area contributed by atoms with Gasteiger partial charge in [-0.05, 0) is 49.9 Å². The molecule has 3 unspecified atom stereocenters. The van der Waals surface area contributed by atoms with Crippen molar-refractivity contribution in [2.75, 3.05) is 0 Å². The topological polar surface area (TPSA) is 51.1 Å². The summed E-state index contributed by atoms with van der Waals surface area (Å²) >= 11 is 0. The van der Waals surface area contributed by atoms with Crippen LogP contribution in [0.15, 0.2) is 59.6 Å². The van der Waals surface area contributed by atoms with E-state index in [0.29, 0.717) is 22.9 Å². The predicted molar refractivity (Wildman–Crippen MR) is 108 cm³/mol. The predicted octanol–water partition coefficient (Wildman–Crippen LogP) is 4.18. The van der Waals surface area contributed by atoms with Gasteiger partial charge < -0.3 is 5.32 Å². The molecule has 0 radical (unpaired) electrons. The Labute approximate surface area is 160 Å². The van der Waals surface area contributed by atoms with Crippen LogP contribution < -0.4 is 5.32 Å². The van der Waals surface area contributed by atoms with E-state index in [2.05, 4.69) is 11.4 Å². The molecule has 0 amide bonds. The number of aromatic nitrogens is 1. The van der Waals surface area contributed by atoms with Crippen LogP contribution in [-0.4, -0.2) is 24.5 Å². The van der Waals surface area contributed by atoms with Crippen LogP contribution in [-0.2, 0) is 10.0 Å². The van der Waals surface area contributed by atoms with Gasteiger partial charge in [-0.2, -0.15) is 0 Å². The molecule has 0 aliphatic carbocycles.